The van der Waals surface area contributed by atoms with Crippen molar-refractivity contribution in [3.63, 3.8) is 0 Å². The van der Waals surface area contributed by atoms with Gasteiger partial charge in [0.2, 0.25) is 0 Å². The third-order valence-corrected chi connectivity index (χ3v) is 2.44. The highest BCUT2D eigenvalue weighted by molar-refractivity contribution is 9.10. The quantitative estimate of drug-likeness (QED) is 0.751. The lowest BCUT2D eigenvalue weighted by Crippen LogP contribution is -2.13. The maximum atomic E-state index is 9.53. The van der Waals surface area contributed by atoms with Gasteiger partial charge in [-0.1, -0.05) is 0 Å². The van der Waals surface area contributed by atoms with Crippen molar-refractivity contribution >= 4 is 15.9 Å². The van der Waals surface area contributed by atoms with Crippen LogP contribution in [-0.2, 0) is 4.74 Å². The predicted octanol–water partition coefficient (Wildman–Crippen LogP) is 1.06. The number of hydrogen-bond acceptors (Lipinski definition) is 4. The van der Waals surface area contributed by atoms with Crippen molar-refractivity contribution in [2.24, 2.45) is 0 Å². The second-order valence-corrected chi connectivity index (χ2v) is 3.73. The van der Waals surface area contributed by atoms with Crippen molar-refractivity contribution in [2.75, 3.05) is 6.61 Å². The molecule has 0 bridgehead atoms. The second kappa shape index (κ2) is 3.69. The van der Waals surface area contributed by atoms with E-state index in [1.807, 2.05) is 0 Å². The summed E-state index contributed by atoms with van der Waals surface area (Å²) in [6, 6.07) is 1.76. The van der Waals surface area contributed by atoms with Gasteiger partial charge in [0, 0.05) is 0 Å². The number of halogens is 1. The smallest absolute Gasteiger partial charge is 0.125 e. The Kier molecular flexibility index (Phi) is 2.57. The lowest BCUT2D eigenvalue weighted by molar-refractivity contribution is 0.0387. The lowest BCUT2D eigenvalue weighted by atomic mass is 10.1. The third-order valence-electron chi connectivity index (χ3n) is 2.01. The Bertz CT molecular complexity index is 308. The molecule has 1 saturated heterocycles. The number of aliphatic hydroxyl groups is 1. The first kappa shape index (κ1) is 9.05. The van der Waals surface area contributed by atoms with Crippen LogP contribution in [-0.4, -0.2) is 27.8 Å². The van der Waals surface area contributed by atoms with Gasteiger partial charge in [0.05, 0.1) is 18.4 Å². The van der Waals surface area contributed by atoms with Crippen molar-refractivity contribution in [3.05, 3.63) is 22.7 Å². The first-order valence-corrected chi connectivity index (χ1v) is 4.84. The summed E-state index contributed by atoms with van der Waals surface area (Å²) in [6.45, 7) is 0.591. The number of hydrogen-bond donors (Lipinski definition) is 1. The monoisotopic (exact) mass is 244 g/mol. The minimum atomic E-state index is -0.443. The van der Waals surface area contributed by atoms with Crippen LogP contribution in [0.1, 0.15) is 18.2 Å². The Morgan fingerprint density at radius 1 is 1.54 bits per heavy atom. The van der Waals surface area contributed by atoms with Crippen LogP contribution in [0, 0.1) is 0 Å². The van der Waals surface area contributed by atoms with Crippen LogP contribution in [0.5, 0.6) is 0 Å². The van der Waals surface area contributed by atoms with Gasteiger partial charge in [0.25, 0.3) is 0 Å². The Hall–Kier alpha value is -0.520. The van der Waals surface area contributed by atoms with Crippen LogP contribution in [0.25, 0.3) is 0 Å². The summed E-state index contributed by atoms with van der Waals surface area (Å²) in [5, 5.41) is 9.53. The molecule has 0 amide bonds. The normalized spacial score (nSPS) is 27.8. The minimum Gasteiger partial charge on any atom is -0.390 e. The van der Waals surface area contributed by atoms with E-state index in [1.54, 1.807) is 6.07 Å². The van der Waals surface area contributed by atoms with E-state index >= 15 is 0 Å². The van der Waals surface area contributed by atoms with Crippen molar-refractivity contribution < 1.29 is 9.84 Å². The highest BCUT2D eigenvalue weighted by Gasteiger charge is 2.28. The van der Waals surface area contributed by atoms with Crippen LogP contribution < -0.4 is 0 Å². The zero-order valence-electron chi connectivity index (χ0n) is 6.85. The van der Waals surface area contributed by atoms with Crippen molar-refractivity contribution in [2.45, 2.75) is 18.6 Å². The molecule has 4 nitrogen and oxygen atoms in total. The highest BCUT2D eigenvalue weighted by Crippen LogP contribution is 2.28. The molecule has 0 aliphatic carbocycles. The Morgan fingerprint density at radius 3 is 3.00 bits per heavy atom. The Balaban J connectivity index is 2.24. The summed E-state index contributed by atoms with van der Waals surface area (Å²) in [6.07, 6.45) is 1.39. The molecule has 1 aromatic rings. The lowest BCUT2D eigenvalue weighted by Gasteiger charge is -2.12. The summed E-state index contributed by atoms with van der Waals surface area (Å²) in [5.41, 5.74) is 0.729. The van der Waals surface area contributed by atoms with E-state index in [0.717, 1.165) is 5.69 Å². The van der Waals surface area contributed by atoms with E-state index in [2.05, 4.69) is 25.9 Å². The first-order valence-electron chi connectivity index (χ1n) is 4.04. The first-order chi connectivity index (χ1) is 6.27. The second-order valence-electron chi connectivity index (χ2n) is 2.91. The predicted molar refractivity (Wildman–Crippen MR) is 49.0 cm³/mol. The zero-order chi connectivity index (χ0) is 9.26. The fourth-order valence-corrected chi connectivity index (χ4v) is 1.69. The van der Waals surface area contributed by atoms with E-state index in [4.69, 9.17) is 4.74 Å². The molecular formula is C8H9BrN2O2. The van der Waals surface area contributed by atoms with Gasteiger partial charge in [-0.2, -0.15) is 0 Å². The fourth-order valence-electron chi connectivity index (χ4n) is 1.36. The third kappa shape index (κ3) is 1.87. The van der Waals surface area contributed by atoms with Gasteiger partial charge in [0.1, 0.15) is 17.0 Å². The molecule has 1 aliphatic heterocycles. The van der Waals surface area contributed by atoms with Gasteiger partial charge >= 0.3 is 0 Å². The largest absolute Gasteiger partial charge is 0.390 e. The van der Waals surface area contributed by atoms with Gasteiger partial charge in [-0.05, 0) is 28.4 Å². The van der Waals surface area contributed by atoms with Crippen LogP contribution in [0.15, 0.2) is 17.0 Å². The maximum absolute atomic E-state index is 9.53. The minimum absolute atomic E-state index is 0.292. The Labute approximate surface area is 84.1 Å². The van der Waals surface area contributed by atoms with Crippen LogP contribution in [0.2, 0.25) is 0 Å². The number of aromatic nitrogens is 2. The molecule has 1 aromatic heterocycles. The molecule has 2 unspecified atom stereocenters. The molecule has 2 rings (SSSR count). The number of aliphatic hydroxyl groups excluding tert-OH is 1. The van der Waals surface area contributed by atoms with E-state index in [0.29, 0.717) is 17.6 Å². The molecular weight excluding hydrogens is 236 g/mol. The Morgan fingerprint density at radius 2 is 2.38 bits per heavy atom. The molecule has 2 atom stereocenters. The standard InChI is InChI=1S/C8H9BrN2O2/c9-7-3-5(10-4-11-7)8-6(12)1-2-13-8/h3-4,6,8,12H,1-2H2. The average Bonchev–Trinajstić information content (AvgIpc) is 2.51. The van der Waals surface area contributed by atoms with Crippen LogP contribution in [0.3, 0.4) is 0 Å². The van der Waals surface area contributed by atoms with Gasteiger partial charge in [-0.25, -0.2) is 9.97 Å². The molecule has 0 radical (unpaired) electrons. The molecule has 5 heteroatoms. The SMILES string of the molecule is OC1CCOC1c1cc(Br)ncn1. The highest BCUT2D eigenvalue weighted by atomic mass is 79.9. The molecule has 0 aromatic carbocycles. The molecule has 0 spiro atoms. The van der Waals surface area contributed by atoms with Gasteiger partial charge in [-0.15, -0.1) is 0 Å². The summed E-state index contributed by atoms with van der Waals surface area (Å²) < 4.78 is 6.05. The number of nitrogens with zero attached hydrogens (tertiary/aromatic N) is 2. The molecule has 13 heavy (non-hydrogen) atoms. The van der Waals surface area contributed by atoms with Crippen molar-refractivity contribution in [1.29, 1.82) is 0 Å². The molecule has 1 N–H and O–H groups in total. The van der Waals surface area contributed by atoms with Gasteiger partial charge < -0.3 is 9.84 Å². The van der Waals surface area contributed by atoms with E-state index in [9.17, 15) is 5.11 Å². The van der Waals surface area contributed by atoms with E-state index in [-0.39, 0.29) is 6.10 Å². The fraction of sp³-hybridized carbons (Fsp3) is 0.500. The molecule has 0 saturated carbocycles. The topological polar surface area (TPSA) is 55.2 Å². The molecule has 1 fully saturated rings. The van der Waals surface area contributed by atoms with E-state index in [1.165, 1.54) is 6.33 Å². The average molecular weight is 245 g/mol. The molecule has 2 heterocycles. The zero-order valence-corrected chi connectivity index (χ0v) is 8.44. The summed E-state index contributed by atoms with van der Waals surface area (Å²) >= 11 is 3.24. The summed E-state index contributed by atoms with van der Waals surface area (Å²) in [7, 11) is 0. The van der Waals surface area contributed by atoms with Gasteiger partial charge in [-0.3, -0.25) is 0 Å². The van der Waals surface area contributed by atoms with Crippen molar-refractivity contribution in [3.8, 4) is 0 Å². The van der Waals surface area contributed by atoms with Crippen molar-refractivity contribution in [1.82, 2.24) is 9.97 Å². The summed E-state index contributed by atoms with van der Waals surface area (Å²) in [4.78, 5) is 7.95. The molecule has 70 valence electrons. The van der Waals surface area contributed by atoms with E-state index < -0.39 is 6.10 Å². The van der Waals surface area contributed by atoms with Gasteiger partial charge in [0.15, 0.2) is 0 Å². The number of ether oxygens (including phenoxy) is 1. The van der Waals surface area contributed by atoms with Crippen LogP contribution in [0.4, 0.5) is 0 Å². The van der Waals surface area contributed by atoms with Crippen LogP contribution >= 0.6 is 15.9 Å². The molecule has 1 aliphatic rings. The maximum Gasteiger partial charge on any atom is 0.125 e. The number of rotatable bonds is 1. The summed E-state index contributed by atoms with van der Waals surface area (Å²) in [5.74, 6) is 0.